The molecule has 0 saturated carbocycles. The number of nitrogens with zero attached hydrogens (tertiary/aromatic N) is 1. The second-order valence-electron chi connectivity index (χ2n) is 4.35. The Kier molecular flexibility index (Phi) is 3.94. The van der Waals surface area contributed by atoms with E-state index in [0.717, 1.165) is 10.5 Å². The van der Waals surface area contributed by atoms with Crippen molar-refractivity contribution < 1.29 is 0 Å². The summed E-state index contributed by atoms with van der Waals surface area (Å²) in [6.07, 6.45) is 6.56. The molecule has 2 heteroatoms. The van der Waals surface area contributed by atoms with E-state index in [2.05, 4.69) is 37.0 Å². The maximum absolute atomic E-state index is 4.48. The summed E-state index contributed by atoms with van der Waals surface area (Å²) >= 11 is 1.80. The van der Waals surface area contributed by atoms with Crippen LogP contribution in [0.3, 0.4) is 0 Å². The summed E-state index contributed by atoms with van der Waals surface area (Å²) < 4.78 is 1.34. The van der Waals surface area contributed by atoms with Gasteiger partial charge in [0.2, 0.25) is 0 Å². The van der Waals surface area contributed by atoms with Crippen LogP contribution in [0, 0.1) is 6.92 Å². The fourth-order valence-electron chi connectivity index (χ4n) is 2.00. The summed E-state index contributed by atoms with van der Waals surface area (Å²) in [7, 11) is 0. The zero-order valence-corrected chi connectivity index (χ0v) is 10.9. The lowest BCUT2D eigenvalue weighted by Gasteiger charge is -2.00. The van der Waals surface area contributed by atoms with Gasteiger partial charge in [-0.2, -0.15) is 0 Å². The van der Waals surface area contributed by atoms with Crippen molar-refractivity contribution in [1.82, 2.24) is 4.98 Å². The highest BCUT2D eigenvalue weighted by Gasteiger charge is 2.01. The zero-order chi connectivity index (χ0) is 11.4. The smallest absolute Gasteiger partial charge is 0.0907 e. The van der Waals surface area contributed by atoms with Gasteiger partial charge in [-0.1, -0.05) is 32.3 Å². The minimum Gasteiger partial charge on any atom is -0.242 e. The second kappa shape index (κ2) is 5.44. The van der Waals surface area contributed by atoms with Crippen molar-refractivity contribution in [1.29, 1.82) is 0 Å². The molecule has 0 amide bonds. The molecular weight excluding hydrogens is 214 g/mol. The number of benzene rings is 1. The normalized spacial score (nSPS) is 11.1. The lowest BCUT2D eigenvalue weighted by molar-refractivity contribution is 0.667. The van der Waals surface area contributed by atoms with Crippen molar-refractivity contribution >= 4 is 21.6 Å². The molecule has 2 rings (SSSR count). The monoisotopic (exact) mass is 233 g/mol. The highest BCUT2D eigenvalue weighted by Crippen LogP contribution is 2.23. The maximum Gasteiger partial charge on any atom is 0.0907 e. The molecule has 1 aromatic heterocycles. The molecule has 16 heavy (non-hydrogen) atoms. The molecule has 0 unspecified atom stereocenters. The Hall–Kier alpha value is -0.890. The average Bonchev–Trinajstić information content (AvgIpc) is 2.64. The summed E-state index contributed by atoms with van der Waals surface area (Å²) in [6.45, 7) is 4.33. The Morgan fingerprint density at radius 1 is 1.19 bits per heavy atom. The summed E-state index contributed by atoms with van der Waals surface area (Å²) in [4.78, 5) is 4.48. The number of rotatable bonds is 5. The Balaban J connectivity index is 2.02. The summed E-state index contributed by atoms with van der Waals surface area (Å²) in [5.74, 6) is 0. The number of hydrogen-bond acceptors (Lipinski definition) is 2. The molecular formula is C14H19NS. The van der Waals surface area contributed by atoms with E-state index in [9.17, 15) is 0 Å². The van der Waals surface area contributed by atoms with Crippen LogP contribution in [-0.2, 0) is 6.42 Å². The van der Waals surface area contributed by atoms with Crippen LogP contribution < -0.4 is 0 Å². The second-order valence-corrected chi connectivity index (χ2v) is 5.58. The molecule has 0 fully saturated rings. The predicted molar refractivity (Wildman–Crippen MR) is 72.2 cm³/mol. The van der Waals surface area contributed by atoms with Crippen LogP contribution in [0.5, 0.6) is 0 Å². The zero-order valence-electron chi connectivity index (χ0n) is 10.1. The van der Waals surface area contributed by atoms with Gasteiger partial charge in [0.05, 0.1) is 15.2 Å². The van der Waals surface area contributed by atoms with Crippen molar-refractivity contribution in [2.24, 2.45) is 0 Å². The van der Waals surface area contributed by atoms with E-state index in [4.69, 9.17) is 0 Å². The van der Waals surface area contributed by atoms with Crippen LogP contribution in [0.25, 0.3) is 10.2 Å². The highest BCUT2D eigenvalue weighted by molar-refractivity contribution is 7.18. The molecule has 0 radical (unpaired) electrons. The number of fused-ring (bicyclic) bond motifs is 1. The lowest BCUT2D eigenvalue weighted by atomic mass is 10.1. The molecule has 1 heterocycles. The fourth-order valence-corrected chi connectivity index (χ4v) is 2.89. The number of aromatic nitrogens is 1. The number of aryl methyl sites for hydroxylation is 2. The molecule has 0 N–H and O–H groups in total. The van der Waals surface area contributed by atoms with E-state index in [1.165, 1.54) is 42.4 Å². The van der Waals surface area contributed by atoms with Crippen molar-refractivity contribution in [3.63, 3.8) is 0 Å². The SMILES string of the molecule is CCCCCCc1ccc2nc(C)sc2c1. The van der Waals surface area contributed by atoms with E-state index >= 15 is 0 Å². The van der Waals surface area contributed by atoms with Crippen molar-refractivity contribution in [3.05, 3.63) is 28.8 Å². The Morgan fingerprint density at radius 2 is 2.06 bits per heavy atom. The molecule has 0 aliphatic carbocycles. The molecule has 1 aromatic carbocycles. The van der Waals surface area contributed by atoms with Gasteiger partial charge in [0.1, 0.15) is 0 Å². The van der Waals surface area contributed by atoms with Crippen molar-refractivity contribution in [3.8, 4) is 0 Å². The standard InChI is InChI=1S/C14H19NS/c1-3-4-5-6-7-12-8-9-13-14(10-12)16-11(2)15-13/h8-10H,3-7H2,1-2H3. The van der Waals surface area contributed by atoms with Gasteiger partial charge in [0.15, 0.2) is 0 Å². The predicted octanol–water partition coefficient (Wildman–Crippen LogP) is 4.73. The van der Waals surface area contributed by atoms with Gasteiger partial charge < -0.3 is 0 Å². The van der Waals surface area contributed by atoms with E-state index in [1.54, 1.807) is 11.3 Å². The molecule has 86 valence electrons. The topological polar surface area (TPSA) is 12.9 Å². The summed E-state index contributed by atoms with van der Waals surface area (Å²) in [5, 5.41) is 1.16. The molecule has 0 bridgehead atoms. The van der Waals surface area contributed by atoms with Gasteiger partial charge in [-0.3, -0.25) is 0 Å². The third kappa shape index (κ3) is 2.82. The Bertz CT molecular complexity index is 459. The van der Waals surface area contributed by atoms with Crippen LogP contribution in [0.4, 0.5) is 0 Å². The molecule has 2 aromatic rings. The molecule has 0 aliphatic heterocycles. The third-order valence-corrected chi connectivity index (χ3v) is 3.81. The first-order valence-electron chi connectivity index (χ1n) is 6.15. The first kappa shape index (κ1) is 11.6. The van der Waals surface area contributed by atoms with Gasteiger partial charge in [-0.05, 0) is 37.5 Å². The molecule has 0 atom stereocenters. The average molecular weight is 233 g/mol. The fraction of sp³-hybridized carbons (Fsp3) is 0.500. The number of unbranched alkanes of at least 4 members (excludes halogenated alkanes) is 3. The van der Waals surface area contributed by atoms with Gasteiger partial charge in [0.25, 0.3) is 0 Å². The molecule has 0 aliphatic rings. The van der Waals surface area contributed by atoms with Crippen LogP contribution in [0.1, 0.15) is 43.2 Å². The van der Waals surface area contributed by atoms with E-state index in [1.807, 2.05) is 0 Å². The van der Waals surface area contributed by atoms with Gasteiger partial charge in [-0.15, -0.1) is 11.3 Å². The minimum absolute atomic E-state index is 1.15. The van der Waals surface area contributed by atoms with Crippen LogP contribution in [-0.4, -0.2) is 4.98 Å². The maximum atomic E-state index is 4.48. The van der Waals surface area contributed by atoms with E-state index in [0.29, 0.717) is 0 Å². The Morgan fingerprint density at radius 3 is 2.88 bits per heavy atom. The minimum atomic E-state index is 1.15. The van der Waals surface area contributed by atoms with E-state index in [-0.39, 0.29) is 0 Å². The lowest BCUT2D eigenvalue weighted by Crippen LogP contribution is -1.85. The quantitative estimate of drug-likeness (QED) is 0.680. The summed E-state index contributed by atoms with van der Waals surface area (Å²) in [5.41, 5.74) is 2.62. The summed E-state index contributed by atoms with van der Waals surface area (Å²) in [6, 6.07) is 6.70. The molecule has 1 nitrogen and oxygen atoms in total. The van der Waals surface area contributed by atoms with Crippen LogP contribution in [0.15, 0.2) is 18.2 Å². The molecule has 0 spiro atoms. The van der Waals surface area contributed by atoms with Crippen molar-refractivity contribution in [2.45, 2.75) is 46.0 Å². The largest absolute Gasteiger partial charge is 0.242 e. The van der Waals surface area contributed by atoms with Gasteiger partial charge in [0, 0.05) is 0 Å². The van der Waals surface area contributed by atoms with Crippen LogP contribution >= 0.6 is 11.3 Å². The first-order chi connectivity index (χ1) is 7.79. The van der Waals surface area contributed by atoms with Crippen LogP contribution in [0.2, 0.25) is 0 Å². The number of thiazole rings is 1. The Labute approximate surface area is 102 Å². The third-order valence-electron chi connectivity index (χ3n) is 2.88. The van der Waals surface area contributed by atoms with Crippen molar-refractivity contribution in [2.75, 3.05) is 0 Å². The highest BCUT2D eigenvalue weighted by atomic mass is 32.1. The number of hydrogen-bond donors (Lipinski definition) is 0. The molecule has 0 saturated heterocycles. The first-order valence-corrected chi connectivity index (χ1v) is 6.97. The van der Waals surface area contributed by atoms with Gasteiger partial charge >= 0.3 is 0 Å². The van der Waals surface area contributed by atoms with E-state index < -0.39 is 0 Å². The van der Waals surface area contributed by atoms with Gasteiger partial charge in [-0.25, -0.2) is 4.98 Å².